The van der Waals surface area contributed by atoms with Crippen molar-refractivity contribution in [1.82, 2.24) is 5.32 Å². The molecule has 2 fully saturated rings. The van der Waals surface area contributed by atoms with Crippen LogP contribution in [0.2, 0.25) is 0 Å². The van der Waals surface area contributed by atoms with Gasteiger partial charge in [0.1, 0.15) is 0 Å². The van der Waals surface area contributed by atoms with Gasteiger partial charge in [-0.3, -0.25) is 4.79 Å². The molecule has 1 aromatic carbocycles. The molecular weight excluding hydrogens is 370 g/mol. The maximum absolute atomic E-state index is 12.5. The predicted octanol–water partition coefficient (Wildman–Crippen LogP) is 3.59. The van der Waals surface area contributed by atoms with E-state index >= 15 is 0 Å². The van der Waals surface area contributed by atoms with Crippen molar-refractivity contribution < 1.29 is 23.8 Å². The van der Waals surface area contributed by atoms with Crippen molar-refractivity contribution in [2.24, 2.45) is 16.7 Å². The number of carbonyl (C=O) groups excluding carboxylic acids is 2. The molecule has 2 aliphatic rings. The third-order valence-electron chi connectivity index (χ3n) is 7.29. The second kappa shape index (κ2) is 8.09. The van der Waals surface area contributed by atoms with Crippen LogP contribution in [0.25, 0.3) is 6.08 Å². The Morgan fingerprint density at radius 1 is 1.21 bits per heavy atom. The number of amides is 1. The number of ether oxygens (including phenoxy) is 3. The Balaban J connectivity index is 1.59. The van der Waals surface area contributed by atoms with Gasteiger partial charge in [-0.1, -0.05) is 26.8 Å². The van der Waals surface area contributed by atoms with E-state index in [0.717, 1.165) is 18.4 Å². The van der Waals surface area contributed by atoms with Gasteiger partial charge in [0.05, 0.1) is 14.2 Å². The second-order valence-corrected chi connectivity index (χ2v) is 8.79. The Hall–Kier alpha value is -2.50. The average Bonchev–Trinajstić information content (AvgIpc) is 3.04. The summed E-state index contributed by atoms with van der Waals surface area (Å²) < 4.78 is 15.7. The Morgan fingerprint density at radius 2 is 1.97 bits per heavy atom. The lowest BCUT2D eigenvalue weighted by molar-refractivity contribution is -0.134. The Bertz CT molecular complexity index is 815. The lowest BCUT2D eigenvalue weighted by atomic mass is 9.69. The minimum Gasteiger partial charge on any atom is -0.493 e. The third kappa shape index (κ3) is 3.98. The van der Waals surface area contributed by atoms with E-state index < -0.39 is 5.97 Å². The molecule has 0 unspecified atom stereocenters. The monoisotopic (exact) mass is 401 g/mol. The van der Waals surface area contributed by atoms with E-state index in [-0.39, 0.29) is 29.4 Å². The van der Waals surface area contributed by atoms with Gasteiger partial charge in [0, 0.05) is 12.1 Å². The van der Waals surface area contributed by atoms with Crippen LogP contribution in [0.3, 0.4) is 0 Å². The van der Waals surface area contributed by atoms with Gasteiger partial charge in [0.2, 0.25) is 0 Å². The fourth-order valence-electron chi connectivity index (χ4n) is 4.94. The topological polar surface area (TPSA) is 73.9 Å². The van der Waals surface area contributed by atoms with Gasteiger partial charge in [-0.05, 0) is 59.8 Å². The van der Waals surface area contributed by atoms with Gasteiger partial charge in [-0.25, -0.2) is 4.79 Å². The molecule has 6 heteroatoms. The molecule has 1 N–H and O–H groups in total. The minimum atomic E-state index is -0.432. The number of fused-ring (bicyclic) bond motifs is 2. The number of hydrogen-bond donors (Lipinski definition) is 1. The Morgan fingerprint density at radius 3 is 2.55 bits per heavy atom. The van der Waals surface area contributed by atoms with E-state index in [4.69, 9.17) is 9.47 Å². The van der Waals surface area contributed by atoms with Crippen molar-refractivity contribution in [1.29, 1.82) is 0 Å². The van der Waals surface area contributed by atoms with E-state index in [2.05, 4.69) is 30.8 Å². The highest BCUT2D eigenvalue weighted by molar-refractivity contribution is 5.87. The SMILES string of the molecule is COC(=O)/C=C/c1ccc(OCC(=O)N[C@@H]2C[C@@H]3CC[C@@]2(C)C3(C)C)c(OC)c1. The van der Waals surface area contributed by atoms with E-state index in [1.54, 1.807) is 24.3 Å². The zero-order valence-electron chi connectivity index (χ0n) is 17.9. The fourth-order valence-corrected chi connectivity index (χ4v) is 4.94. The van der Waals surface area contributed by atoms with E-state index in [1.165, 1.54) is 26.7 Å². The van der Waals surface area contributed by atoms with Crippen LogP contribution in [0.1, 0.15) is 45.6 Å². The normalized spacial score (nSPS) is 27.1. The molecule has 0 heterocycles. The maximum atomic E-state index is 12.5. The quantitative estimate of drug-likeness (QED) is 0.558. The first-order valence-electron chi connectivity index (χ1n) is 10.1. The molecular formula is C23H31NO5. The lowest BCUT2D eigenvalue weighted by Gasteiger charge is -2.39. The molecule has 0 radical (unpaired) electrons. The average molecular weight is 402 g/mol. The second-order valence-electron chi connectivity index (χ2n) is 8.79. The van der Waals surface area contributed by atoms with Gasteiger partial charge in [0.25, 0.3) is 5.91 Å². The molecule has 2 aliphatic carbocycles. The number of carbonyl (C=O) groups is 2. The van der Waals surface area contributed by atoms with E-state index in [9.17, 15) is 9.59 Å². The molecule has 0 aliphatic heterocycles. The van der Waals surface area contributed by atoms with Gasteiger partial charge in [0.15, 0.2) is 18.1 Å². The summed E-state index contributed by atoms with van der Waals surface area (Å²) >= 11 is 0. The summed E-state index contributed by atoms with van der Waals surface area (Å²) in [5.41, 5.74) is 1.16. The third-order valence-corrected chi connectivity index (χ3v) is 7.29. The predicted molar refractivity (Wildman–Crippen MR) is 111 cm³/mol. The van der Waals surface area contributed by atoms with Crippen LogP contribution in [0.4, 0.5) is 0 Å². The number of methoxy groups -OCH3 is 2. The maximum Gasteiger partial charge on any atom is 0.330 e. The molecule has 0 spiro atoms. The molecule has 2 bridgehead atoms. The summed E-state index contributed by atoms with van der Waals surface area (Å²) in [5, 5.41) is 3.20. The molecule has 158 valence electrons. The summed E-state index contributed by atoms with van der Waals surface area (Å²) in [4.78, 5) is 23.8. The molecule has 3 rings (SSSR count). The smallest absolute Gasteiger partial charge is 0.330 e. The minimum absolute atomic E-state index is 0.0641. The van der Waals surface area contributed by atoms with Gasteiger partial charge < -0.3 is 19.5 Å². The summed E-state index contributed by atoms with van der Waals surface area (Å²) in [5.74, 6) is 1.11. The summed E-state index contributed by atoms with van der Waals surface area (Å²) in [7, 11) is 2.86. The molecule has 1 amide bonds. The van der Waals surface area contributed by atoms with Crippen LogP contribution in [-0.4, -0.2) is 38.7 Å². The van der Waals surface area contributed by atoms with Gasteiger partial charge in [-0.2, -0.15) is 0 Å². The highest BCUT2D eigenvalue weighted by atomic mass is 16.5. The zero-order valence-corrected chi connectivity index (χ0v) is 17.9. The molecule has 6 nitrogen and oxygen atoms in total. The molecule has 1 aromatic rings. The number of rotatable bonds is 7. The highest BCUT2D eigenvalue weighted by Gasteiger charge is 2.61. The number of esters is 1. The van der Waals surface area contributed by atoms with Crippen molar-refractivity contribution in [3.63, 3.8) is 0 Å². The first kappa shape index (κ1) is 21.2. The highest BCUT2D eigenvalue weighted by Crippen LogP contribution is 2.65. The van der Waals surface area contributed by atoms with E-state index in [1.807, 2.05) is 0 Å². The molecule has 0 aromatic heterocycles. The Labute approximate surface area is 172 Å². The van der Waals surface area contributed by atoms with Crippen LogP contribution in [0.15, 0.2) is 24.3 Å². The van der Waals surface area contributed by atoms with Crippen LogP contribution in [-0.2, 0) is 14.3 Å². The summed E-state index contributed by atoms with van der Waals surface area (Å²) in [6.07, 6.45) is 6.41. The van der Waals surface area contributed by atoms with Crippen LogP contribution < -0.4 is 14.8 Å². The zero-order chi connectivity index (χ0) is 21.2. The summed E-state index contributed by atoms with van der Waals surface area (Å²) in [6.45, 7) is 6.89. The van der Waals surface area contributed by atoms with Crippen LogP contribution in [0.5, 0.6) is 11.5 Å². The molecule has 3 atom stereocenters. The first-order chi connectivity index (χ1) is 13.7. The van der Waals surface area contributed by atoms with Crippen molar-refractivity contribution in [2.45, 2.75) is 46.1 Å². The van der Waals surface area contributed by atoms with Crippen molar-refractivity contribution in [3.8, 4) is 11.5 Å². The van der Waals surface area contributed by atoms with Crippen molar-refractivity contribution in [2.75, 3.05) is 20.8 Å². The van der Waals surface area contributed by atoms with Crippen molar-refractivity contribution in [3.05, 3.63) is 29.8 Å². The number of benzene rings is 1. The van der Waals surface area contributed by atoms with Crippen LogP contribution >= 0.6 is 0 Å². The van der Waals surface area contributed by atoms with Gasteiger partial charge in [-0.15, -0.1) is 0 Å². The lowest BCUT2D eigenvalue weighted by Crippen LogP contribution is -2.48. The van der Waals surface area contributed by atoms with E-state index in [0.29, 0.717) is 17.4 Å². The van der Waals surface area contributed by atoms with Gasteiger partial charge >= 0.3 is 5.97 Å². The van der Waals surface area contributed by atoms with Crippen molar-refractivity contribution >= 4 is 18.0 Å². The standard InChI is InChI=1S/C23H31NO5/c1-22(2)16-10-11-23(22,3)19(13-16)24-20(25)14-29-17-8-6-15(12-18(17)27-4)7-9-21(26)28-5/h6-9,12,16,19H,10-11,13-14H2,1-5H3,(H,24,25)/b9-7+/t16-,19+,23+/m0/s1. The molecule has 2 saturated carbocycles. The fraction of sp³-hybridized carbons (Fsp3) is 0.565. The largest absolute Gasteiger partial charge is 0.493 e. The molecule has 0 saturated heterocycles. The first-order valence-corrected chi connectivity index (χ1v) is 10.1. The number of hydrogen-bond acceptors (Lipinski definition) is 5. The Kier molecular flexibility index (Phi) is 5.92. The van der Waals surface area contributed by atoms with Crippen LogP contribution in [0, 0.1) is 16.7 Å². The number of nitrogens with one attached hydrogen (secondary N) is 1. The molecule has 29 heavy (non-hydrogen) atoms. The summed E-state index contributed by atoms with van der Waals surface area (Å²) in [6, 6.07) is 5.45.